The first kappa shape index (κ1) is 30.6. The van der Waals surface area contributed by atoms with Crippen LogP contribution in [0.3, 0.4) is 0 Å². The number of amides is 2. The summed E-state index contributed by atoms with van der Waals surface area (Å²) in [5.41, 5.74) is 5.93. The highest BCUT2D eigenvalue weighted by atomic mass is 16.6. The molecule has 1 atom stereocenters. The van der Waals surface area contributed by atoms with Gasteiger partial charge in [0.2, 0.25) is 0 Å². The van der Waals surface area contributed by atoms with Crippen molar-refractivity contribution in [1.29, 1.82) is 0 Å². The number of hydrogen-bond acceptors (Lipinski definition) is 8. The summed E-state index contributed by atoms with van der Waals surface area (Å²) in [6, 6.07) is 13.3. The van der Waals surface area contributed by atoms with Gasteiger partial charge in [0.05, 0.1) is 6.42 Å². The standard InChI is InChI=1S/C31H33N3O7/c1-31(2,3)41-30(38)33-25(22-23-12-6-4-7-13-23)29(37)40-21-20-39-27(35)17-19-34(26-16-10-11-18-32-26)28(36)24-14-8-5-9-15-24/h4,6-8,10-16,18,25H,17,19-22H2,1-3H3,(H,33,38)/t25-/m0/s1. The van der Waals surface area contributed by atoms with Crippen LogP contribution in [-0.4, -0.2) is 60.3 Å². The van der Waals surface area contributed by atoms with E-state index in [0.29, 0.717) is 11.4 Å². The van der Waals surface area contributed by atoms with Crippen LogP contribution in [0.5, 0.6) is 0 Å². The van der Waals surface area contributed by atoms with E-state index in [0.717, 1.165) is 5.56 Å². The molecule has 0 radical (unpaired) electrons. The average Bonchev–Trinajstić information content (AvgIpc) is 2.95. The molecule has 2 aromatic rings. The summed E-state index contributed by atoms with van der Waals surface area (Å²) >= 11 is 0. The molecule has 1 aromatic carbocycles. The van der Waals surface area contributed by atoms with Crippen molar-refractivity contribution in [2.45, 2.75) is 45.3 Å². The predicted molar refractivity (Wildman–Crippen MR) is 151 cm³/mol. The molecule has 10 nitrogen and oxygen atoms in total. The smallest absolute Gasteiger partial charge is 0.408 e. The van der Waals surface area contributed by atoms with Crippen LogP contribution >= 0.6 is 0 Å². The van der Waals surface area contributed by atoms with Gasteiger partial charge in [-0.15, -0.1) is 0 Å². The number of rotatable bonds is 12. The van der Waals surface area contributed by atoms with Crippen molar-refractivity contribution in [3.8, 4) is 0 Å². The molecule has 3 rings (SSSR count). The minimum Gasteiger partial charge on any atom is -0.462 e. The molecule has 2 amide bonds. The molecule has 214 valence electrons. The molecule has 0 spiro atoms. The van der Waals surface area contributed by atoms with Crippen molar-refractivity contribution in [2.24, 2.45) is 0 Å². The molecule has 0 bridgehead atoms. The van der Waals surface area contributed by atoms with Crippen molar-refractivity contribution in [3.63, 3.8) is 0 Å². The van der Waals surface area contributed by atoms with Gasteiger partial charge in [0, 0.05) is 30.8 Å². The lowest BCUT2D eigenvalue weighted by atomic mass is 10.1. The maximum atomic E-state index is 13.0. The van der Waals surface area contributed by atoms with Crippen LogP contribution in [0.2, 0.25) is 0 Å². The third-order valence-corrected chi connectivity index (χ3v) is 5.46. The van der Waals surface area contributed by atoms with E-state index in [4.69, 9.17) is 14.2 Å². The molecule has 0 saturated heterocycles. The number of allylic oxidation sites excluding steroid dienone is 2. The van der Waals surface area contributed by atoms with E-state index in [2.05, 4.69) is 21.8 Å². The number of carbonyl (C=O) groups is 4. The van der Waals surface area contributed by atoms with Crippen molar-refractivity contribution in [1.82, 2.24) is 10.3 Å². The topological polar surface area (TPSA) is 124 Å². The SMILES string of the molecule is CC(C)(C)OC(=O)N[C@@H](Cc1ccccc1)C(=O)OCCOC(=O)CCN(C(=O)C1=CC=C=C=C1)c1ccccn1. The van der Waals surface area contributed by atoms with Crippen LogP contribution < -0.4 is 10.2 Å². The Bertz CT molecular complexity index is 1350. The fourth-order valence-electron chi connectivity index (χ4n) is 3.64. The van der Waals surface area contributed by atoms with Crippen molar-refractivity contribution < 1.29 is 33.4 Å². The van der Waals surface area contributed by atoms with E-state index in [1.807, 2.05) is 30.3 Å². The van der Waals surface area contributed by atoms with Crippen LogP contribution in [-0.2, 0) is 35.0 Å². The number of aromatic nitrogens is 1. The lowest BCUT2D eigenvalue weighted by molar-refractivity contribution is -0.153. The number of ether oxygens (including phenoxy) is 3. The van der Waals surface area contributed by atoms with Gasteiger partial charge in [-0.25, -0.2) is 14.6 Å². The number of benzene rings is 1. The van der Waals surface area contributed by atoms with E-state index in [1.54, 1.807) is 57.3 Å². The molecule has 0 fully saturated rings. The van der Waals surface area contributed by atoms with Gasteiger partial charge in [-0.2, -0.15) is 0 Å². The number of anilines is 1. The summed E-state index contributed by atoms with van der Waals surface area (Å²) in [4.78, 5) is 56.2. The molecule has 1 aliphatic rings. The second kappa shape index (κ2) is 15.0. The molecule has 0 aliphatic heterocycles. The molecule has 10 heteroatoms. The van der Waals surface area contributed by atoms with E-state index in [9.17, 15) is 19.2 Å². The molecule has 1 aromatic heterocycles. The molecule has 0 saturated carbocycles. The molecule has 1 heterocycles. The second-order valence-electron chi connectivity index (χ2n) is 9.89. The summed E-state index contributed by atoms with van der Waals surface area (Å²) in [6.45, 7) is 4.76. The zero-order valence-electron chi connectivity index (χ0n) is 23.3. The molecular weight excluding hydrogens is 526 g/mol. The molecule has 1 N–H and O–H groups in total. The number of nitrogens with zero attached hydrogens (tertiary/aromatic N) is 2. The first-order chi connectivity index (χ1) is 19.6. The van der Waals surface area contributed by atoms with E-state index >= 15 is 0 Å². The maximum absolute atomic E-state index is 13.0. The lowest BCUT2D eigenvalue weighted by Crippen LogP contribution is -2.45. The van der Waals surface area contributed by atoms with Gasteiger partial charge in [0.15, 0.2) is 0 Å². The van der Waals surface area contributed by atoms with E-state index < -0.39 is 29.7 Å². The first-order valence-electron chi connectivity index (χ1n) is 13.1. The fraction of sp³-hybridized carbons (Fsp3) is 0.323. The van der Waals surface area contributed by atoms with Crippen LogP contribution in [0.15, 0.2) is 90.0 Å². The van der Waals surface area contributed by atoms with Gasteiger partial charge in [-0.05, 0) is 50.6 Å². The van der Waals surface area contributed by atoms with E-state index in [1.165, 1.54) is 11.0 Å². The first-order valence-corrected chi connectivity index (χ1v) is 13.1. The minimum atomic E-state index is -1.01. The summed E-state index contributed by atoms with van der Waals surface area (Å²) in [5.74, 6) is -1.25. The largest absolute Gasteiger partial charge is 0.462 e. The van der Waals surface area contributed by atoms with Crippen LogP contribution in [0.25, 0.3) is 0 Å². The van der Waals surface area contributed by atoms with Crippen LogP contribution in [0.4, 0.5) is 10.6 Å². The quantitative estimate of drug-likeness (QED) is 0.180. The Hall–Kier alpha value is -4.91. The molecule has 41 heavy (non-hydrogen) atoms. The Morgan fingerprint density at radius 1 is 0.976 bits per heavy atom. The van der Waals surface area contributed by atoms with Crippen LogP contribution in [0.1, 0.15) is 32.8 Å². The van der Waals surface area contributed by atoms with Crippen molar-refractivity contribution in [2.75, 3.05) is 24.7 Å². The number of pyridine rings is 1. The lowest BCUT2D eigenvalue weighted by Gasteiger charge is -2.23. The summed E-state index contributed by atoms with van der Waals surface area (Å²) in [5, 5.41) is 2.55. The zero-order chi connectivity index (χ0) is 29.7. The van der Waals surface area contributed by atoms with Gasteiger partial charge >= 0.3 is 18.0 Å². The third-order valence-electron chi connectivity index (χ3n) is 5.46. The Morgan fingerprint density at radius 3 is 2.37 bits per heavy atom. The normalized spacial score (nSPS) is 12.6. The van der Waals surface area contributed by atoms with Gasteiger partial charge in [-0.1, -0.05) is 47.9 Å². The van der Waals surface area contributed by atoms with Gasteiger partial charge in [-0.3, -0.25) is 14.5 Å². The highest BCUT2D eigenvalue weighted by Gasteiger charge is 2.26. The predicted octanol–water partition coefficient (Wildman–Crippen LogP) is 3.83. The van der Waals surface area contributed by atoms with Crippen LogP contribution in [0, 0.1) is 0 Å². The number of esters is 2. The highest BCUT2D eigenvalue weighted by molar-refractivity contribution is 6.07. The highest BCUT2D eigenvalue weighted by Crippen LogP contribution is 2.16. The molecular formula is C31H33N3O7. The average molecular weight is 560 g/mol. The number of nitrogens with one attached hydrogen (secondary N) is 1. The fourth-order valence-corrected chi connectivity index (χ4v) is 3.64. The van der Waals surface area contributed by atoms with Crippen molar-refractivity contribution >= 4 is 29.8 Å². The third kappa shape index (κ3) is 10.6. The zero-order valence-corrected chi connectivity index (χ0v) is 23.3. The Morgan fingerprint density at radius 2 is 1.71 bits per heavy atom. The van der Waals surface area contributed by atoms with Gasteiger partial charge in [0.25, 0.3) is 5.91 Å². The molecule has 0 unspecified atom stereocenters. The maximum Gasteiger partial charge on any atom is 0.408 e. The Balaban J connectivity index is 1.51. The van der Waals surface area contributed by atoms with E-state index in [-0.39, 0.29) is 38.5 Å². The number of hydrogen-bond donors (Lipinski definition) is 1. The number of carbonyl (C=O) groups excluding carboxylic acids is 4. The summed E-state index contributed by atoms with van der Waals surface area (Å²) in [6.07, 6.45) is 5.56. The summed E-state index contributed by atoms with van der Waals surface area (Å²) < 4.78 is 15.8. The summed E-state index contributed by atoms with van der Waals surface area (Å²) in [7, 11) is 0. The Labute approximate surface area is 239 Å². The number of alkyl carbamates (subject to hydrolysis) is 1. The monoisotopic (exact) mass is 559 g/mol. The van der Waals surface area contributed by atoms with Gasteiger partial charge < -0.3 is 19.5 Å². The molecule has 1 aliphatic carbocycles. The second-order valence-corrected chi connectivity index (χ2v) is 9.89. The van der Waals surface area contributed by atoms with Gasteiger partial charge in [0.1, 0.15) is 30.7 Å². The Kier molecular flexibility index (Phi) is 11.2. The van der Waals surface area contributed by atoms with Crippen molar-refractivity contribution in [3.05, 3.63) is 95.6 Å². The minimum absolute atomic E-state index is 0.0199.